The third-order valence-electron chi connectivity index (χ3n) is 8.35. The van der Waals surface area contributed by atoms with Crippen LogP contribution in [0.3, 0.4) is 0 Å². The Labute approximate surface area is 284 Å². The average Bonchev–Trinajstić information content (AvgIpc) is 3.45. The second-order valence-electron chi connectivity index (χ2n) is 11.7. The summed E-state index contributed by atoms with van der Waals surface area (Å²) in [4.78, 5) is 53.7. The number of nitrogens with one attached hydrogen (secondary N) is 1. The van der Waals surface area contributed by atoms with Gasteiger partial charge in [0.2, 0.25) is 15.9 Å². The number of hydrogen-bond acceptors (Lipinski definition) is 8. The van der Waals surface area contributed by atoms with E-state index in [0.717, 1.165) is 16.1 Å². The predicted molar refractivity (Wildman–Crippen MR) is 184 cm³/mol. The van der Waals surface area contributed by atoms with Crippen LogP contribution in [0.15, 0.2) is 65.1 Å². The fraction of sp³-hybridized carbons (Fsp3) is 0.333. The van der Waals surface area contributed by atoms with Crippen LogP contribution < -0.4 is 9.62 Å². The minimum atomic E-state index is -4.01. The van der Waals surface area contributed by atoms with Gasteiger partial charge in [-0.2, -0.15) is 0 Å². The monoisotopic (exact) mass is 691 g/mol. The number of rotatable bonds is 12. The number of Topliss-reactive ketones (excluding diaryl/α,β-unsaturated/α-hetero) is 1. The zero-order valence-corrected chi connectivity index (χ0v) is 28.6. The van der Waals surface area contributed by atoms with E-state index >= 15 is 0 Å². The molecule has 1 unspecified atom stereocenters. The highest BCUT2D eigenvalue weighted by Gasteiger charge is 2.36. The number of benzene rings is 3. The number of carbonyl (C=O) groups excluding carboxylic acids is 4. The van der Waals surface area contributed by atoms with Gasteiger partial charge < -0.3 is 19.4 Å². The molecule has 5 rings (SSSR count). The topological polar surface area (TPSA) is 143 Å². The van der Waals surface area contributed by atoms with Crippen molar-refractivity contribution >= 4 is 50.2 Å². The number of anilines is 1. The fourth-order valence-electron chi connectivity index (χ4n) is 6.00. The van der Waals surface area contributed by atoms with E-state index in [-0.39, 0.29) is 55.2 Å². The fourth-order valence-corrected chi connectivity index (χ4v) is 6.91. The normalized spacial score (nSPS) is 14.8. The smallest absolute Gasteiger partial charge is 0.308 e. The van der Waals surface area contributed by atoms with E-state index in [1.54, 1.807) is 44.2 Å². The Bertz CT molecular complexity index is 2020. The van der Waals surface area contributed by atoms with Gasteiger partial charge in [0.25, 0.3) is 5.91 Å². The second kappa shape index (κ2) is 14.6. The molecule has 13 heteroatoms. The maximum Gasteiger partial charge on any atom is 0.308 e. The summed E-state index contributed by atoms with van der Waals surface area (Å²) in [7, 11) is -4.01. The molecule has 0 spiro atoms. The molecule has 3 aromatic carbocycles. The first-order valence-electron chi connectivity index (χ1n) is 16.0. The highest BCUT2D eigenvalue weighted by molar-refractivity contribution is 7.92. The molecule has 1 aliphatic rings. The number of amides is 2. The van der Waals surface area contributed by atoms with Crippen molar-refractivity contribution in [2.45, 2.75) is 39.7 Å². The van der Waals surface area contributed by atoms with Gasteiger partial charge in [0.05, 0.1) is 37.1 Å². The van der Waals surface area contributed by atoms with Crippen LogP contribution in [0.4, 0.5) is 10.1 Å². The van der Waals surface area contributed by atoms with Crippen molar-refractivity contribution < 1.29 is 41.1 Å². The number of nitrogens with zero attached hydrogens (tertiary/aromatic N) is 2. The molecule has 0 bridgehead atoms. The van der Waals surface area contributed by atoms with Gasteiger partial charge in [-0.05, 0) is 37.6 Å². The SMILES string of the molecule is CCOC(=O)CC1C(=O)NCCN1C(=O)c1cccc(-c2cc3c(C(=O)CC)c(-c4ccc(C)cc4)oc3cc2N(CCF)S(C)(=O)=O)c1. The summed E-state index contributed by atoms with van der Waals surface area (Å²) >= 11 is 0. The van der Waals surface area contributed by atoms with Crippen LogP contribution in [-0.2, 0) is 24.3 Å². The van der Waals surface area contributed by atoms with Gasteiger partial charge in [-0.15, -0.1) is 0 Å². The van der Waals surface area contributed by atoms with Crippen molar-refractivity contribution in [3.63, 3.8) is 0 Å². The van der Waals surface area contributed by atoms with E-state index in [9.17, 15) is 32.0 Å². The standard InChI is InChI=1S/C36H38FN3O8S/c1-5-30(41)33-27-19-26(24-8-7-9-25(18-24)36(44)39-17-15-38-35(43)29(39)21-32(42)47-6-2)28(40(16-14-37)49(4,45)46)20-31(27)48-34(33)23-12-10-22(3)11-13-23/h7-13,18-20,29H,5-6,14-17,21H2,1-4H3,(H,38,43). The molecule has 4 aromatic rings. The second-order valence-corrected chi connectivity index (χ2v) is 13.6. The molecule has 1 aromatic heterocycles. The molecule has 11 nitrogen and oxygen atoms in total. The number of sulfonamides is 1. The van der Waals surface area contributed by atoms with Crippen molar-refractivity contribution in [1.82, 2.24) is 10.2 Å². The maximum absolute atomic E-state index is 13.9. The quantitative estimate of drug-likeness (QED) is 0.156. The number of hydrogen-bond donors (Lipinski definition) is 1. The van der Waals surface area contributed by atoms with Gasteiger partial charge in [-0.3, -0.25) is 23.5 Å². The van der Waals surface area contributed by atoms with Gasteiger partial charge in [-0.1, -0.05) is 48.9 Å². The van der Waals surface area contributed by atoms with E-state index in [2.05, 4.69) is 5.32 Å². The van der Waals surface area contributed by atoms with Crippen LogP contribution in [0.2, 0.25) is 0 Å². The number of halogens is 1. The van der Waals surface area contributed by atoms with E-state index < -0.39 is 47.1 Å². The Morgan fingerprint density at radius 2 is 1.80 bits per heavy atom. The molecule has 1 saturated heterocycles. The van der Waals surface area contributed by atoms with Crippen LogP contribution in [0.25, 0.3) is 33.4 Å². The van der Waals surface area contributed by atoms with E-state index in [4.69, 9.17) is 9.15 Å². The summed E-state index contributed by atoms with van der Waals surface area (Å²) in [6.45, 7) is 4.30. The molecule has 1 fully saturated rings. The van der Waals surface area contributed by atoms with Gasteiger partial charge >= 0.3 is 5.97 Å². The Morgan fingerprint density at radius 3 is 2.45 bits per heavy atom. The molecule has 0 radical (unpaired) electrons. The molecule has 2 heterocycles. The summed E-state index contributed by atoms with van der Waals surface area (Å²) in [5, 5.41) is 3.11. The number of fused-ring (bicyclic) bond motifs is 1. The first-order chi connectivity index (χ1) is 23.4. The highest BCUT2D eigenvalue weighted by atomic mass is 32.2. The van der Waals surface area contributed by atoms with Crippen LogP contribution in [0.1, 0.15) is 53.0 Å². The lowest BCUT2D eigenvalue weighted by molar-refractivity contribution is -0.147. The zero-order chi connectivity index (χ0) is 35.5. The summed E-state index contributed by atoms with van der Waals surface area (Å²) in [5.41, 5.74) is 3.17. The number of ketones is 1. The number of alkyl halides is 1. The molecular formula is C36H38FN3O8S. The van der Waals surface area contributed by atoms with Crippen molar-refractivity contribution in [3.05, 3.63) is 77.4 Å². The number of ether oxygens (including phenoxy) is 1. The third-order valence-corrected chi connectivity index (χ3v) is 9.53. The highest BCUT2D eigenvalue weighted by Crippen LogP contribution is 2.42. The molecule has 258 valence electrons. The van der Waals surface area contributed by atoms with Crippen LogP contribution in [-0.4, -0.2) is 82.1 Å². The Kier molecular flexibility index (Phi) is 10.5. The first-order valence-corrected chi connectivity index (χ1v) is 17.8. The number of carbonyl (C=O) groups is 4. The van der Waals surface area contributed by atoms with Gasteiger partial charge in [-0.25, -0.2) is 12.8 Å². The van der Waals surface area contributed by atoms with Crippen molar-refractivity contribution in [3.8, 4) is 22.5 Å². The van der Waals surface area contributed by atoms with Crippen LogP contribution in [0.5, 0.6) is 0 Å². The molecule has 1 N–H and O–H groups in total. The van der Waals surface area contributed by atoms with Gasteiger partial charge in [0.1, 0.15) is 24.1 Å². The number of esters is 1. The Morgan fingerprint density at radius 1 is 1.06 bits per heavy atom. The van der Waals surface area contributed by atoms with Crippen LogP contribution in [0, 0.1) is 6.92 Å². The van der Waals surface area contributed by atoms with E-state index in [0.29, 0.717) is 33.4 Å². The zero-order valence-electron chi connectivity index (χ0n) is 27.7. The molecule has 2 amide bonds. The van der Waals surface area contributed by atoms with Crippen molar-refractivity contribution in [2.75, 3.05) is 43.5 Å². The number of aryl methyl sites for hydroxylation is 1. The predicted octanol–water partition coefficient (Wildman–Crippen LogP) is 5.30. The lowest BCUT2D eigenvalue weighted by Crippen LogP contribution is -2.57. The van der Waals surface area contributed by atoms with Gasteiger partial charge in [0, 0.05) is 47.7 Å². The molecule has 1 aliphatic heterocycles. The molecule has 0 aliphatic carbocycles. The summed E-state index contributed by atoms with van der Waals surface area (Å²) in [6.07, 6.45) is 0.812. The first kappa shape index (κ1) is 35.3. The third kappa shape index (κ3) is 7.36. The number of furan rings is 1. The molecule has 49 heavy (non-hydrogen) atoms. The Hall–Kier alpha value is -5.04. The van der Waals surface area contributed by atoms with Gasteiger partial charge in [0.15, 0.2) is 5.78 Å². The Balaban J connectivity index is 1.70. The van der Waals surface area contributed by atoms with E-state index in [1.807, 2.05) is 31.2 Å². The molecule has 1 atom stereocenters. The lowest BCUT2D eigenvalue weighted by atomic mass is 9.95. The average molecular weight is 692 g/mol. The van der Waals surface area contributed by atoms with Crippen molar-refractivity contribution in [2.24, 2.45) is 0 Å². The van der Waals surface area contributed by atoms with Crippen molar-refractivity contribution in [1.29, 1.82) is 0 Å². The lowest BCUT2D eigenvalue weighted by Gasteiger charge is -2.34. The summed E-state index contributed by atoms with van der Waals surface area (Å²) in [6, 6.07) is 15.8. The maximum atomic E-state index is 13.9. The largest absolute Gasteiger partial charge is 0.466 e. The molecule has 0 saturated carbocycles. The minimum Gasteiger partial charge on any atom is -0.466 e. The van der Waals surface area contributed by atoms with Crippen LogP contribution >= 0.6 is 0 Å². The summed E-state index contributed by atoms with van der Waals surface area (Å²) in [5.74, 6) is -1.50. The number of piperazine rings is 1. The van der Waals surface area contributed by atoms with E-state index in [1.165, 1.54) is 11.0 Å². The minimum absolute atomic E-state index is 0.0921. The molecular weight excluding hydrogens is 653 g/mol. The summed E-state index contributed by atoms with van der Waals surface area (Å²) < 4.78 is 52.2.